The van der Waals surface area contributed by atoms with Gasteiger partial charge in [-0.2, -0.15) is 0 Å². The zero-order valence-electron chi connectivity index (χ0n) is 16.4. The predicted octanol–water partition coefficient (Wildman–Crippen LogP) is 3.63. The van der Waals surface area contributed by atoms with Crippen LogP contribution in [0.2, 0.25) is 0 Å². The van der Waals surface area contributed by atoms with Crippen molar-refractivity contribution in [2.24, 2.45) is 11.8 Å². The number of fused-ring (bicyclic) bond motifs is 2. The van der Waals surface area contributed by atoms with E-state index in [1.807, 2.05) is 30.3 Å². The summed E-state index contributed by atoms with van der Waals surface area (Å²) in [6.45, 7) is 2.47. The minimum Gasteiger partial charge on any atom is -0.497 e. The van der Waals surface area contributed by atoms with E-state index < -0.39 is 4.93 Å². The Bertz CT molecular complexity index is 899. The van der Waals surface area contributed by atoms with Crippen LogP contribution in [-0.2, 0) is 16.2 Å². The Labute approximate surface area is 174 Å². The van der Waals surface area contributed by atoms with Crippen LogP contribution in [0.5, 0.6) is 5.88 Å². The molecule has 2 aromatic rings. The second-order valence-electron chi connectivity index (χ2n) is 7.63. The fraction of sp³-hybridized carbons (Fsp3) is 0.476. The Morgan fingerprint density at radius 2 is 2.14 bits per heavy atom. The Hall–Kier alpha value is -2.00. The highest BCUT2D eigenvalue weighted by Crippen LogP contribution is 2.61. The number of rotatable bonds is 6. The Morgan fingerprint density at radius 1 is 1.31 bits per heavy atom. The Kier molecular flexibility index (Phi) is 5.03. The van der Waals surface area contributed by atoms with Crippen LogP contribution in [0, 0.1) is 5.92 Å². The molecule has 8 heteroatoms. The van der Waals surface area contributed by atoms with E-state index in [4.69, 9.17) is 24.7 Å². The molecule has 1 aromatic heterocycles. The number of thioether (sulfide) groups is 1. The van der Waals surface area contributed by atoms with Gasteiger partial charge in [0, 0.05) is 19.0 Å². The first kappa shape index (κ1) is 19.0. The van der Waals surface area contributed by atoms with Crippen LogP contribution < -0.4 is 10.6 Å². The van der Waals surface area contributed by atoms with Crippen molar-refractivity contribution in [1.82, 2.24) is 10.1 Å². The lowest BCUT2D eigenvalue weighted by Gasteiger charge is -2.51. The lowest BCUT2D eigenvalue weighted by molar-refractivity contribution is -0.0795. The lowest BCUT2D eigenvalue weighted by Crippen LogP contribution is -2.54. The van der Waals surface area contributed by atoms with Crippen LogP contribution in [-0.4, -0.2) is 35.2 Å². The molecule has 5 rings (SSSR count). The molecule has 0 bridgehead atoms. The molecule has 3 heterocycles. The first-order valence-corrected chi connectivity index (χ1v) is 10.8. The average Bonchev–Trinajstić information content (AvgIpc) is 3.13. The fourth-order valence-corrected chi connectivity index (χ4v) is 6.01. The highest BCUT2D eigenvalue weighted by Gasteiger charge is 2.59. The minimum atomic E-state index is -0.809. The zero-order valence-corrected chi connectivity index (χ0v) is 17.2. The molecule has 0 radical (unpaired) electrons. The van der Waals surface area contributed by atoms with Gasteiger partial charge in [0.1, 0.15) is 17.3 Å². The van der Waals surface area contributed by atoms with E-state index >= 15 is 0 Å². The molecule has 154 valence electrons. The second kappa shape index (κ2) is 7.68. The number of benzene rings is 1. The molecule has 3 aliphatic rings. The second-order valence-corrected chi connectivity index (χ2v) is 8.85. The van der Waals surface area contributed by atoms with Crippen molar-refractivity contribution in [2.45, 2.75) is 41.7 Å². The van der Waals surface area contributed by atoms with Gasteiger partial charge in [0.05, 0.1) is 13.2 Å². The third-order valence-corrected chi connectivity index (χ3v) is 7.57. The summed E-state index contributed by atoms with van der Waals surface area (Å²) in [5, 5.41) is 4.28. The molecule has 0 amide bonds. The quantitative estimate of drug-likeness (QED) is 0.716. The third-order valence-electron chi connectivity index (χ3n) is 6.08. The van der Waals surface area contributed by atoms with Crippen molar-refractivity contribution >= 4 is 11.8 Å². The maximum atomic E-state index is 6.05. The van der Waals surface area contributed by atoms with Gasteiger partial charge in [-0.1, -0.05) is 42.1 Å². The summed E-state index contributed by atoms with van der Waals surface area (Å²) in [4.78, 5) is 8.16. The molecular formula is C21H25N3O4S. The normalized spacial score (nSPS) is 28.7. The summed E-state index contributed by atoms with van der Waals surface area (Å²) in [7, 11) is 1.67. The van der Waals surface area contributed by atoms with Gasteiger partial charge in [-0.15, -0.1) is 0 Å². The zero-order chi connectivity index (χ0) is 19.8. The summed E-state index contributed by atoms with van der Waals surface area (Å²) in [5.74, 6) is 8.13. The number of nitrogens with two attached hydrogens (primary N) is 1. The number of nitrogens with zero attached hydrogens (tertiary/aromatic N) is 2. The molecule has 1 aliphatic carbocycles. The maximum Gasteiger partial charge on any atom is 0.268 e. The van der Waals surface area contributed by atoms with E-state index in [1.165, 1.54) is 18.2 Å². The smallest absolute Gasteiger partial charge is 0.268 e. The topological polar surface area (TPSA) is 83.0 Å². The molecule has 1 aromatic carbocycles. The molecule has 3 atom stereocenters. The van der Waals surface area contributed by atoms with E-state index in [0.29, 0.717) is 12.5 Å². The SMILES string of the molecule is COC1=CCCC2[C@H](N3CCC3)c3onc(OCc4ccccc4)c3SC12ON. The number of ether oxygens (including phenoxy) is 2. The van der Waals surface area contributed by atoms with E-state index in [2.05, 4.69) is 16.1 Å². The van der Waals surface area contributed by atoms with Crippen LogP contribution in [0.3, 0.4) is 0 Å². The predicted molar refractivity (Wildman–Crippen MR) is 108 cm³/mol. The molecule has 1 saturated heterocycles. The summed E-state index contributed by atoms with van der Waals surface area (Å²) < 4.78 is 17.6. The number of hydrogen-bond acceptors (Lipinski definition) is 8. The van der Waals surface area contributed by atoms with Gasteiger partial charge < -0.3 is 14.0 Å². The van der Waals surface area contributed by atoms with Gasteiger partial charge in [0.2, 0.25) is 4.93 Å². The molecule has 7 nitrogen and oxygen atoms in total. The van der Waals surface area contributed by atoms with Crippen molar-refractivity contribution in [3.8, 4) is 5.88 Å². The van der Waals surface area contributed by atoms with Gasteiger partial charge in [-0.3, -0.25) is 9.74 Å². The van der Waals surface area contributed by atoms with E-state index in [-0.39, 0.29) is 12.0 Å². The summed E-state index contributed by atoms with van der Waals surface area (Å²) in [6, 6.07) is 10.1. The molecule has 29 heavy (non-hydrogen) atoms. The van der Waals surface area contributed by atoms with Crippen molar-refractivity contribution in [3.05, 3.63) is 53.5 Å². The Balaban J connectivity index is 1.52. The van der Waals surface area contributed by atoms with Gasteiger partial charge in [-0.05, 0) is 36.1 Å². The molecule has 1 fully saturated rings. The average molecular weight is 416 g/mol. The van der Waals surface area contributed by atoms with E-state index in [1.54, 1.807) is 7.11 Å². The maximum absolute atomic E-state index is 6.05. The van der Waals surface area contributed by atoms with Crippen molar-refractivity contribution < 1.29 is 18.8 Å². The minimum absolute atomic E-state index is 0.0453. The van der Waals surface area contributed by atoms with Gasteiger partial charge in [-0.25, -0.2) is 5.90 Å². The molecular weight excluding hydrogens is 390 g/mol. The van der Waals surface area contributed by atoms with Gasteiger partial charge in [0.25, 0.3) is 5.88 Å². The first-order chi connectivity index (χ1) is 14.3. The summed E-state index contributed by atoms with van der Waals surface area (Å²) >= 11 is 1.50. The van der Waals surface area contributed by atoms with Crippen molar-refractivity contribution in [1.29, 1.82) is 0 Å². The van der Waals surface area contributed by atoms with Crippen LogP contribution in [0.4, 0.5) is 0 Å². The fourth-order valence-electron chi connectivity index (χ4n) is 4.55. The molecule has 2 N–H and O–H groups in total. The van der Waals surface area contributed by atoms with Crippen molar-refractivity contribution in [2.75, 3.05) is 20.2 Å². The van der Waals surface area contributed by atoms with Gasteiger partial charge in [0.15, 0.2) is 5.76 Å². The van der Waals surface area contributed by atoms with E-state index in [9.17, 15) is 0 Å². The monoisotopic (exact) mass is 415 g/mol. The van der Waals surface area contributed by atoms with Crippen molar-refractivity contribution in [3.63, 3.8) is 0 Å². The highest BCUT2D eigenvalue weighted by molar-refractivity contribution is 8.01. The number of aromatic nitrogens is 1. The standard InChI is InChI=1S/C21H25N3O4S/c1-25-16-10-5-9-15-17(24-11-6-12-24)18-19(29-21(15,16)28-22)20(23-27-18)26-13-14-7-3-2-4-8-14/h2-4,7-8,10,15,17H,5-6,9,11-13,22H2,1H3/t15?,17-,21?/m0/s1. The lowest BCUT2D eigenvalue weighted by atomic mass is 9.80. The van der Waals surface area contributed by atoms with Crippen LogP contribution in [0.25, 0.3) is 0 Å². The number of methoxy groups -OCH3 is 1. The summed E-state index contributed by atoms with van der Waals surface area (Å²) in [5.41, 5.74) is 1.07. The van der Waals surface area contributed by atoms with Gasteiger partial charge >= 0.3 is 0 Å². The van der Waals surface area contributed by atoms with Crippen LogP contribution in [0.15, 0.2) is 51.6 Å². The van der Waals surface area contributed by atoms with Crippen LogP contribution in [0.1, 0.15) is 36.6 Å². The van der Waals surface area contributed by atoms with Crippen LogP contribution >= 0.6 is 11.8 Å². The largest absolute Gasteiger partial charge is 0.497 e. The van der Waals surface area contributed by atoms with E-state index in [0.717, 1.165) is 47.9 Å². The third kappa shape index (κ3) is 3.06. The number of hydrogen-bond donors (Lipinski definition) is 1. The number of likely N-dealkylation sites (tertiary alicyclic amines) is 1. The molecule has 2 unspecified atom stereocenters. The molecule has 2 aliphatic heterocycles. The highest BCUT2D eigenvalue weighted by atomic mass is 32.2. The summed E-state index contributed by atoms with van der Waals surface area (Å²) in [6.07, 6.45) is 5.12. The molecule has 0 spiro atoms. The molecule has 0 saturated carbocycles. The number of allylic oxidation sites excluding steroid dienone is 1. The Morgan fingerprint density at radius 3 is 2.83 bits per heavy atom. The first-order valence-electron chi connectivity index (χ1n) is 9.98.